The number of aromatic hydroxyl groups is 1. The largest absolute Gasteiger partial charge is 0.504 e. The van der Waals surface area contributed by atoms with Gasteiger partial charge in [-0.15, -0.1) is 0 Å². The third kappa shape index (κ3) is 4.49. The lowest BCUT2D eigenvalue weighted by Gasteiger charge is -2.25. The van der Waals surface area contributed by atoms with E-state index in [0.29, 0.717) is 11.5 Å². The van der Waals surface area contributed by atoms with Crippen LogP contribution in [0.5, 0.6) is 17.2 Å². The molecule has 0 radical (unpaired) electrons. The first kappa shape index (κ1) is 19.4. The lowest BCUT2D eigenvalue weighted by atomic mass is 10.1. The quantitative estimate of drug-likeness (QED) is 0.614. The summed E-state index contributed by atoms with van der Waals surface area (Å²) in [6.07, 6.45) is 0. The maximum Gasteiger partial charge on any atom is 0.257 e. The van der Waals surface area contributed by atoms with Crippen LogP contribution in [0.1, 0.15) is 11.1 Å². The zero-order valence-corrected chi connectivity index (χ0v) is 15.5. The summed E-state index contributed by atoms with van der Waals surface area (Å²) < 4.78 is 38.6. The number of hydrogen-bond donors (Lipinski definition) is 1. The van der Waals surface area contributed by atoms with Gasteiger partial charge in [0.25, 0.3) is 5.95 Å². The van der Waals surface area contributed by atoms with Crippen LogP contribution in [-0.4, -0.2) is 24.3 Å². The van der Waals surface area contributed by atoms with E-state index in [1.807, 2.05) is 24.3 Å². The first-order valence-electron chi connectivity index (χ1n) is 8.56. The van der Waals surface area contributed by atoms with Crippen LogP contribution in [0.15, 0.2) is 54.6 Å². The Morgan fingerprint density at radius 1 is 0.857 bits per heavy atom. The Morgan fingerprint density at radius 2 is 1.32 bits per heavy atom. The summed E-state index contributed by atoms with van der Waals surface area (Å²) in [5, 5.41) is 9.38. The van der Waals surface area contributed by atoms with Crippen molar-refractivity contribution >= 4 is 5.82 Å². The molecule has 1 aromatic heterocycles. The fourth-order valence-electron chi connectivity index (χ4n) is 2.78. The molecule has 28 heavy (non-hydrogen) atoms. The van der Waals surface area contributed by atoms with Crippen LogP contribution in [0.2, 0.25) is 0 Å². The summed E-state index contributed by atoms with van der Waals surface area (Å²) in [6, 6.07) is 15.3. The summed E-state index contributed by atoms with van der Waals surface area (Å²) in [5.74, 6) is -1.53. The van der Waals surface area contributed by atoms with E-state index in [0.717, 1.165) is 17.2 Å². The molecule has 3 aromatic rings. The van der Waals surface area contributed by atoms with Crippen molar-refractivity contribution in [2.24, 2.45) is 0 Å². The molecule has 3 rings (SSSR count). The highest BCUT2D eigenvalue weighted by Gasteiger charge is 2.18. The number of methoxy groups -OCH3 is 2. The summed E-state index contributed by atoms with van der Waals surface area (Å²) in [5.41, 5.74) is 1.73. The van der Waals surface area contributed by atoms with Gasteiger partial charge >= 0.3 is 0 Å². The number of benzene rings is 2. The summed E-state index contributed by atoms with van der Waals surface area (Å²) in [6.45, 7) is 0.564. The molecule has 5 nitrogen and oxygen atoms in total. The average molecular weight is 386 g/mol. The molecule has 0 saturated heterocycles. The maximum absolute atomic E-state index is 14.5. The van der Waals surface area contributed by atoms with Gasteiger partial charge in [-0.25, -0.2) is 4.39 Å². The standard InChI is InChI=1S/C21H20F2N2O3/c1-27-16-7-3-14(4-8-16)12-25(13-15-5-9-17(28-2)10-6-15)21-18(22)11-19(26)20(23)24-21/h3-11,26H,12-13H2,1-2H3. The average Bonchev–Trinajstić information content (AvgIpc) is 2.71. The predicted octanol–water partition coefficient (Wildman–Crippen LogP) is 4.29. The monoisotopic (exact) mass is 386 g/mol. The molecule has 0 bridgehead atoms. The Morgan fingerprint density at radius 3 is 1.75 bits per heavy atom. The highest BCUT2D eigenvalue weighted by molar-refractivity contribution is 5.45. The van der Waals surface area contributed by atoms with Crippen molar-refractivity contribution in [1.82, 2.24) is 4.98 Å². The van der Waals surface area contributed by atoms with E-state index >= 15 is 0 Å². The van der Waals surface area contributed by atoms with Gasteiger partial charge in [0.1, 0.15) is 11.5 Å². The molecular weight excluding hydrogens is 366 g/mol. The van der Waals surface area contributed by atoms with Crippen LogP contribution in [-0.2, 0) is 13.1 Å². The van der Waals surface area contributed by atoms with Gasteiger partial charge in [0.05, 0.1) is 14.2 Å². The smallest absolute Gasteiger partial charge is 0.257 e. The fraction of sp³-hybridized carbons (Fsp3) is 0.190. The molecule has 0 saturated carbocycles. The van der Waals surface area contributed by atoms with Crippen LogP contribution < -0.4 is 14.4 Å². The van der Waals surface area contributed by atoms with E-state index in [-0.39, 0.29) is 18.9 Å². The van der Waals surface area contributed by atoms with Crippen LogP contribution >= 0.6 is 0 Å². The first-order valence-corrected chi connectivity index (χ1v) is 8.56. The van der Waals surface area contributed by atoms with Gasteiger partial charge in [0.15, 0.2) is 17.4 Å². The molecule has 0 fully saturated rings. The van der Waals surface area contributed by atoms with Gasteiger partial charge < -0.3 is 19.5 Å². The highest BCUT2D eigenvalue weighted by atomic mass is 19.1. The van der Waals surface area contributed by atoms with Crippen LogP contribution in [0, 0.1) is 11.8 Å². The number of rotatable bonds is 7. The molecule has 0 aliphatic carbocycles. The minimum absolute atomic E-state index is 0.179. The molecule has 0 atom stereocenters. The number of nitrogens with zero attached hydrogens (tertiary/aromatic N) is 2. The van der Waals surface area contributed by atoms with Gasteiger partial charge in [-0.1, -0.05) is 24.3 Å². The molecule has 1 heterocycles. The fourth-order valence-corrected chi connectivity index (χ4v) is 2.78. The molecule has 1 N–H and O–H groups in total. The Balaban J connectivity index is 1.93. The Hall–Kier alpha value is -3.35. The lowest BCUT2D eigenvalue weighted by Crippen LogP contribution is -2.24. The van der Waals surface area contributed by atoms with Gasteiger partial charge in [-0.3, -0.25) is 0 Å². The third-order valence-corrected chi connectivity index (χ3v) is 4.26. The third-order valence-electron chi connectivity index (χ3n) is 4.26. The molecule has 7 heteroatoms. The normalized spacial score (nSPS) is 10.6. The number of pyridine rings is 1. The minimum atomic E-state index is -1.12. The summed E-state index contributed by atoms with van der Waals surface area (Å²) >= 11 is 0. The van der Waals surface area contributed by atoms with Gasteiger partial charge in [-0.05, 0) is 35.4 Å². The minimum Gasteiger partial charge on any atom is -0.504 e. The Bertz CT molecular complexity index is 882. The lowest BCUT2D eigenvalue weighted by molar-refractivity contribution is 0.410. The second-order valence-corrected chi connectivity index (χ2v) is 6.16. The zero-order chi connectivity index (χ0) is 20.1. The molecule has 2 aromatic carbocycles. The molecule has 0 aliphatic heterocycles. The molecule has 0 amide bonds. The van der Waals surface area contributed by atoms with Crippen molar-refractivity contribution in [3.05, 3.63) is 77.5 Å². The van der Waals surface area contributed by atoms with Crippen molar-refractivity contribution in [3.8, 4) is 17.2 Å². The SMILES string of the molecule is COc1ccc(CN(Cc2ccc(OC)cc2)c2nc(F)c(O)cc2F)cc1. The number of halogens is 2. The number of aromatic nitrogens is 1. The zero-order valence-electron chi connectivity index (χ0n) is 15.5. The van der Waals surface area contributed by atoms with E-state index in [9.17, 15) is 13.9 Å². The topological polar surface area (TPSA) is 54.8 Å². The van der Waals surface area contributed by atoms with Crippen molar-refractivity contribution in [2.45, 2.75) is 13.1 Å². The van der Waals surface area contributed by atoms with Crippen molar-refractivity contribution in [1.29, 1.82) is 0 Å². The molecule has 0 aliphatic rings. The highest BCUT2D eigenvalue weighted by Crippen LogP contribution is 2.27. The van der Waals surface area contributed by atoms with E-state index < -0.39 is 17.5 Å². The van der Waals surface area contributed by atoms with Crippen molar-refractivity contribution in [2.75, 3.05) is 19.1 Å². The van der Waals surface area contributed by atoms with E-state index in [1.165, 1.54) is 0 Å². The van der Waals surface area contributed by atoms with Crippen LogP contribution in [0.4, 0.5) is 14.6 Å². The van der Waals surface area contributed by atoms with Gasteiger partial charge in [-0.2, -0.15) is 9.37 Å². The van der Waals surface area contributed by atoms with E-state index in [1.54, 1.807) is 43.4 Å². The second-order valence-electron chi connectivity index (χ2n) is 6.16. The van der Waals surface area contributed by atoms with E-state index in [2.05, 4.69) is 4.98 Å². The Kier molecular flexibility index (Phi) is 5.93. The Labute approximate surface area is 161 Å². The van der Waals surface area contributed by atoms with Crippen LogP contribution in [0.25, 0.3) is 0 Å². The summed E-state index contributed by atoms with van der Waals surface area (Å²) in [4.78, 5) is 5.22. The molecule has 0 spiro atoms. The molecule has 146 valence electrons. The van der Waals surface area contributed by atoms with Crippen molar-refractivity contribution < 1.29 is 23.4 Å². The second kappa shape index (κ2) is 8.56. The number of anilines is 1. The van der Waals surface area contributed by atoms with Gasteiger partial charge in [0, 0.05) is 19.2 Å². The maximum atomic E-state index is 14.5. The summed E-state index contributed by atoms with van der Waals surface area (Å²) in [7, 11) is 3.15. The van der Waals surface area contributed by atoms with Crippen molar-refractivity contribution in [3.63, 3.8) is 0 Å². The predicted molar refractivity (Wildman–Crippen MR) is 102 cm³/mol. The number of ether oxygens (including phenoxy) is 2. The van der Waals surface area contributed by atoms with Gasteiger partial charge in [0.2, 0.25) is 0 Å². The van der Waals surface area contributed by atoms with E-state index in [4.69, 9.17) is 9.47 Å². The molecule has 0 unspecified atom stereocenters. The van der Waals surface area contributed by atoms with Crippen LogP contribution in [0.3, 0.4) is 0 Å². The molecular formula is C21H20F2N2O3. The number of hydrogen-bond acceptors (Lipinski definition) is 5. The first-order chi connectivity index (χ1) is 13.5.